The molecule has 2 aromatic heterocycles. The van der Waals surface area contributed by atoms with Crippen molar-refractivity contribution in [3.63, 3.8) is 0 Å². The summed E-state index contributed by atoms with van der Waals surface area (Å²) in [5.74, 6) is 1.85. The number of hydrogen-bond acceptors (Lipinski definition) is 7. The molecule has 134 valence electrons. The SMILES string of the molecule is CCC1c2nnc(-c3nc(C)ns3)n2CCN1c1cc(F)ccc1C=O. The van der Waals surface area contributed by atoms with E-state index in [4.69, 9.17) is 0 Å². The van der Waals surface area contributed by atoms with Gasteiger partial charge in [0.25, 0.3) is 0 Å². The largest absolute Gasteiger partial charge is 0.359 e. The molecule has 9 heteroatoms. The van der Waals surface area contributed by atoms with Crippen LogP contribution in [0.4, 0.5) is 10.1 Å². The number of benzene rings is 1. The molecule has 4 rings (SSSR count). The van der Waals surface area contributed by atoms with Crippen LogP contribution < -0.4 is 4.90 Å². The zero-order valence-corrected chi connectivity index (χ0v) is 15.2. The third-order valence-electron chi connectivity index (χ3n) is 4.55. The van der Waals surface area contributed by atoms with Gasteiger partial charge in [0.05, 0.1) is 11.7 Å². The summed E-state index contributed by atoms with van der Waals surface area (Å²) >= 11 is 1.30. The molecule has 0 radical (unpaired) electrons. The minimum Gasteiger partial charge on any atom is -0.359 e. The molecule has 0 bridgehead atoms. The molecule has 1 atom stereocenters. The molecule has 7 nitrogen and oxygen atoms in total. The van der Waals surface area contributed by atoms with Crippen molar-refractivity contribution in [1.82, 2.24) is 24.1 Å². The van der Waals surface area contributed by atoms with E-state index in [1.165, 1.54) is 29.7 Å². The van der Waals surface area contributed by atoms with Crippen LogP contribution in [0.15, 0.2) is 18.2 Å². The monoisotopic (exact) mass is 372 g/mol. The fourth-order valence-electron chi connectivity index (χ4n) is 3.39. The highest BCUT2D eigenvalue weighted by Crippen LogP contribution is 2.36. The van der Waals surface area contributed by atoms with Crippen molar-refractivity contribution < 1.29 is 9.18 Å². The highest BCUT2D eigenvalue weighted by Gasteiger charge is 2.32. The lowest BCUT2D eigenvalue weighted by molar-refractivity contribution is 0.112. The average molecular weight is 372 g/mol. The number of aryl methyl sites for hydroxylation is 1. The number of carbonyl (C=O) groups excluding carboxylic acids is 1. The second kappa shape index (κ2) is 6.56. The van der Waals surface area contributed by atoms with Crippen LogP contribution in [0.5, 0.6) is 0 Å². The van der Waals surface area contributed by atoms with Crippen molar-refractivity contribution in [2.75, 3.05) is 11.4 Å². The molecule has 3 aromatic rings. The first-order valence-corrected chi connectivity index (χ1v) is 9.15. The summed E-state index contributed by atoms with van der Waals surface area (Å²) in [5.41, 5.74) is 1.06. The lowest BCUT2D eigenvalue weighted by Gasteiger charge is -2.37. The van der Waals surface area contributed by atoms with Crippen LogP contribution in [0, 0.1) is 12.7 Å². The molecule has 3 heterocycles. The van der Waals surface area contributed by atoms with Crippen LogP contribution in [0.25, 0.3) is 10.8 Å². The molecular formula is C17H17FN6OS. The van der Waals surface area contributed by atoms with Crippen molar-refractivity contribution in [2.24, 2.45) is 0 Å². The molecule has 0 aliphatic carbocycles. The molecule has 1 aliphatic rings. The summed E-state index contributed by atoms with van der Waals surface area (Å²) in [6, 6.07) is 4.13. The molecule has 26 heavy (non-hydrogen) atoms. The number of anilines is 1. The van der Waals surface area contributed by atoms with Crippen molar-refractivity contribution in [3.8, 4) is 10.8 Å². The first kappa shape index (κ1) is 16.8. The second-order valence-corrected chi connectivity index (χ2v) is 6.87. The number of nitrogens with zero attached hydrogens (tertiary/aromatic N) is 6. The third kappa shape index (κ3) is 2.68. The number of fused-ring (bicyclic) bond motifs is 1. The van der Waals surface area contributed by atoms with Crippen molar-refractivity contribution >= 4 is 23.5 Å². The Morgan fingerprint density at radius 1 is 1.35 bits per heavy atom. The van der Waals surface area contributed by atoms with Gasteiger partial charge >= 0.3 is 0 Å². The van der Waals surface area contributed by atoms with Gasteiger partial charge in [-0.25, -0.2) is 9.37 Å². The number of carbonyl (C=O) groups is 1. The van der Waals surface area contributed by atoms with Crippen LogP contribution in [-0.2, 0) is 6.54 Å². The van der Waals surface area contributed by atoms with E-state index in [-0.39, 0.29) is 11.9 Å². The quantitative estimate of drug-likeness (QED) is 0.655. The Labute approximate surface area is 153 Å². The van der Waals surface area contributed by atoms with Crippen molar-refractivity contribution in [1.29, 1.82) is 0 Å². The van der Waals surface area contributed by atoms with E-state index >= 15 is 0 Å². The fourth-order valence-corrected chi connectivity index (χ4v) is 4.05. The van der Waals surface area contributed by atoms with Crippen LogP contribution in [0.1, 0.15) is 41.4 Å². The number of rotatable bonds is 4. The van der Waals surface area contributed by atoms with E-state index in [0.29, 0.717) is 36.0 Å². The lowest BCUT2D eigenvalue weighted by atomic mass is 10.1. The van der Waals surface area contributed by atoms with E-state index < -0.39 is 0 Å². The van der Waals surface area contributed by atoms with E-state index in [2.05, 4.69) is 19.6 Å². The minimum absolute atomic E-state index is 0.0977. The summed E-state index contributed by atoms with van der Waals surface area (Å²) in [7, 11) is 0. The third-order valence-corrected chi connectivity index (χ3v) is 5.35. The number of aldehydes is 1. The molecule has 1 aromatic carbocycles. The van der Waals surface area contributed by atoms with Gasteiger partial charge in [-0.2, -0.15) is 4.37 Å². The summed E-state index contributed by atoms with van der Waals surface area (Å²) in [6.45, 7) is 5.13. The predicted octanol–water partition coefficient (Wildman–Crippen LogP) is 3.03. The maximum atomic E-state index is 13.8. The first-order valence-electron chi connectivity index (χ1n) is 8.37. The Morgan fingerprint density at radius 3 is 2.88 bits per heavy atom. The molecular weight excluding hydrogens is 355 g/mol. The van der Waals surface area contributed by atoms with Gasteiger partial charge < -0.3 is 9.47 Å². The number of halogens is 1. The highest BCUT2D eigenvalue weighted by atomic mass is 32.1. The van der Waals surface area contributed by atoms with Gasteiger partial charge in [0.2, 0.25) is 0 Å². The maximum Gasteiger partial charge on any atom is 0.194 e. The van der Waals surface area contributed by atoms with Crippen molar-refractivity contribution in [3.05, 3.63) is 41.2 Å². The van der Waals surface area contributed by atoms with Gasteiger partial charge in [-0.3, -0.25) is 4.79 Å². The first-order chi connectivity index (χ1) is 12.6. The van der Waals surface area contributed by atoms with Gasteiger partial charge in [0, 0.05) is 18.7 Å². The molecule has 0 N–H and O–H groups in total. The van der Waals surface area contributed by atoms with Gasteiger partial charge in [-0.1, -0.05) is 6.92 Å². The Hall–Kier alpha value is -2.68. The average Bonchev–Trinajstić information content (AvgIpc) is 3.26. The Bertz CT molecular complexity index is 968. The topological polar surface area (TPSA) is 76.8 Å². The number of aromatic nitrogens is 5. The fraction of sp³-hybridized carbons (Fsp3) is 0.353. The van der Waals surface area contributed by atoms with E-state index in [1.54, 1.807) is 0 Å². The summed E-state index contributed by atoms with van der Waals surface area (Å²) in [5, 5.41) is 9.43. The summed E-state index contributed by atoms with van der Waals surface area (Å²) in [4.78, 5) is 17.9. The zero-order chi connectivity index (χ0) is 18.3. The standard InChI is InChI=1S/C17H17FN6OS/c1-3-13-15-20-21-16(17-19-10(2)22-26-17)24(15)7-6-23(13)14-8-12(18)5-4-11(14)9-25/h4-5,8-9,13H,3,6-7H2,1-2H3. The van der Waals surface area contributed by atoms with Gasteiger partial charge in [0.15, 0.2) is 22.9 Å². The Morgan fingerprint density at radius 2 is 2.19 bits per heavy atom. The van der Waals surface area contributed by atoms with E-state index in [1.807, 2.05) is 23.3 Å². The minimum atomic E-state index is -0.363. The van der Waals surface area contributed by atoms with Gasteiger partial charge in [-0.05, 0) is 43.1 Å². The van der Waals surface area contributed by atoms with Crippen LogP contribution in [0.2, 0.25) is 0 Å². The van der Waals surface area contributed by atoms with Crippen molar-refractivity contribution in [2.45, 2.75) is 32.9 Å². The normalized spacial score (nSPS) is 16.6. The molecule has 0 fully saturated rings. The lowest BCUT2D eigenvalue weighted by Crippen LogP contribution is -2.39. The maximum absolute atomic E-state index is 13.8. The van der Waals surface area contributed by atoms with Crippen LogP contribution in [0.3, 0.4) is 0 Å². The molecule has 0 amide bonds. The Balaban J connectivity index is 1.77. The van der Waals surface area contributed by atoms with Crippen LogP contribution >= 0.6 is 11.5 Å². The summed E-state index contributed by atoms with van der Waals surface area (Å²) in [6.07, 6.45) is 1.51. The molecule has 0 saturated heterocycles. The second-order valence-electron chi connectivity index (χ2n) is 6.12. The smallest absolute Gasteiger partial charge is 0.194 e. The Kier molecular flexibility index (Phi) is 4.23. The van der Waals surface area contributed by atoms with Crippen LogP contribution in [-0.4, -0.2) is 37.0 Å². The molecule has 0 spiro atoms. The number of hydrogen-bond donors (Lipinski definition) is 0. The molecule has 1 aliphatic heterocycles. The molecule has 1 unspecified atom stereocenters. The predicted molar refractivity (Wildman–Crippen MR) is 95.8 cm³/mol. The highest BCUT2D eigenvalue weighted by molar-refractivity contribution is 7.09. The molecule has 0 saturated carbocycles. The zero-order valence-electron chi connectivity index (χ0n) is 14.4. The van der Waals surface area contributed by atoms with Gasteiger partial charge in [0.1, 0.15) is 11.6 Å². The van der Waals surface area contributed by atoms with Gasteiger partial charge in [-0.15, -0.1) is 10.2 Å². The van der Waals surface area contributed by atoms with E-state index in [0.717, 1.165) is 23.5 Å². The summed E-state index contributed by atoms with van der Waals surface area (Å²) < 4.78 is 20.1. The van der Waals surface area contributed by atoms with E-state index in [9.17, 15) is 9.18 Å².